The van der Waals surface area contributed by atoms with Crippen LogP contribution in [-0.4, -0.2) is 23.0 Å². The van der Waals surface area contributed by atoms with Gasteiger partial charge in [0.2, 0.25) is 0 Å². The van der Waals surface area contributed by atoms with Gasteiger partial charge in [0.05, 0.1) is 5.56 Å². The van der Waals surface area contributed by atoms with Crippen molar-refractivity contribution in [3.05, 3.63) is 64.5 Å². The molecule has 0 saturated heterocycles. The van der Waals surface area contributed by atoms with E-state index >= 15 is 0 Å². The Kier molecular flexibility index (Phi) is 6.17. The molecule has 1 heterocycles. The first-order chi connectivity index (χ1) is 18.1. The van der Waals surface area contributed by atoms with Crippen LogP contribution in [0.5, 0.6) is 5.75 Å². The van der Waals surface area contributed by atoms with Crippen molar-refractivity contribution in [1.29, 1.82) is 0 Å². The predicted octanol–water partition coefficient (Wildman–Crippen LogP) is 6.90. The summed E-state index contributed by atoms with van der Waals surface area (Å²) >= 11 is 1.22. The number of rotatable bonds is 7. The molecule has 0 aliphatic heterocycles. The number of hydrogen-bond acceptors (Lipinski definition) is 4. The highest BCUT2D eigenvalue weighted by atomic mass is 32.1. The number of carboxylic acids is 1. The summed E-state index contributed by atoms with van der Waals surface area (Å²) in [4.78, 5) is 26.4. The van der Waals surface area contributed by atoms with Gasteiger partial charge >= 0.3 is 12.1 Å². The summed E-state index contributed by atoms with van der Waals surface area (Å²) in [5.41, 5.74) is -0.642. The molecule has 0 unspecified atom stereocenters. The molecule has 0 radical (unpaired) electrons. The molecule has 4 bridgehead atoms. The van der Waals surface area contributed by atoms with E-state index in [-0.39, 0.29) is 11.5 Å². The van der Waals surface area contributed by atoms with Gasteiger partial charge in [0.25, 0.3) is 5.91 Å². The van der Waals surface area contributed by atoms with Crippen molar-refractivity contribution in [1.82, 2.24) is 5.32 Å². The number of aliphatic carboxylic acids is 1. The minimum atomic E-state index is -4.43. The van der Waals surface area contributed by atoms with Gasteiger partial charge in [0.15, 0.2) is 5.75 Å². The molecule has 38 heavy (non-hydrogen) atoms. The fraction of sp³-hybridized carbons (Fsp3) is 0.448. The van der Waals surface area contributed by atoms with Gasteiger partial charge in [-0.05, 0) is 86.1 Å². The summed E-state index contributed by atoms with van der Waals surface area (Å²) in [6.45, 7) is -0.0313. The molecule has 4 fully saturated rings. The van der Waals surface area contributed by atoms with Crippen LogP contribution in [0.4, 0.5) is 13.2 Å². The molecule has 3 aromatic rings. The van der Waals surface area contributed by atoms with Crippen LogP contribution in [0.15, 0.2) is 48.5 Å². The number of ether oxygens (including phenoxy) is 1. The Morgan fingerprint density at radius 3 is 2.18 bits per heavy atom. The van der Waals surface area contributed by atoms with E-state index in [1.807, 2.05) is 24.3 Å². The Balaban J connectivity index is 1.26. The van der Waals surface area contributed by atoms with Crippen LogP contribution in [0.2, 0.25) is 0 Å². The highest BCUT2D eigenvalue weighted by Crippen LogP contribution is 2.61. The Bertz CT molecular complexity index is 1350. The van der Waals surface area contributed by atoms with Crippen molar-refractivity contribution in [3.8, 4) is 5.75 Å². The van der Waals surface area contributed by atoms with E-state index in [1.54, 1.807) is 0 Å². The number of alkyl halides is 3. The summed E-state index contributed by atoms with van der Waals surface area (Å²) < 4.78 is 45.6. The second-order valence-electron chi connectivity index (χ2n) is 11.3. The van der Waals surface area contributed by atoms with E-state index in [9.17, 15) is 27.9 Å². The van der Waals surface area contributed by atoms with Crippen molar-refractivity contribution in [2.45, 2.75) is 57.3 Å². The maximum Gasteiger partial charge on any atom is 0.416 e. The van der Waals surface area contributed by atoms with E-state index in [0.29, 0.717) is 34.5 Å². The van der Waals surface area contributed by atoms with Crippen LogP contribution in [0.25, 0.3) is 10.1 Å². The molecule has 2 N–H and O–H groups in total. The maximum absolute atomic E-state index is 13.6. The van der Waals surface area contributed by atoms with E-state index in [0.717, 1.165) is 55.4 Å². The van der Waals surface area contributed by atoms with Gasteiger partial charge in [0, 0.05) is 15.5 Å². The van der Waals surface area contributed by atoms with Crippen LogP contribution in [0.3, 0.4) is 0 Å². The summed E-state index contributed by atoms with van der Waals surface area (Å²) in [5, 5.41) is 13.8. The van der Waals surface area contributed by atoms with E-state index in [2.05, 4.69) is 5.32 Å². The number of fused-ring (bicyclic) bond motifs is 1. The molecule has 200 valence electrons. The Hall–Kier alpha value is -3.07. The van der Waals surface area contributed by atoms with Gasteiger partial charge in [0.1, 0.15) is 17.5 Å². The lowest BCUT2D eigenvalue weighted by Crippen LogP contribution is -2.59. The number of amides is 1. The molecule has 5 nitrogen and oxygen atoms in total. The maximum atomic E-state index is 13.6. The van der Waals surface area contributed by atoms with Crippen molar-refractivity contribution in [2.24, 2.45) is 23.2 Å². The third kappa shape index (κ3) is 4.55. The molecule has 7 rings (SSSR count). The number of carboxylic acid groups (broad SMARTS) is 1. The number of thiophene rings is 1. The number of carbonyl (C=O) groups is 2. The fourth-order valence-corrected chi connectivity index (χ4v) is 8.52. The Labute approximate surface area is 222 Å². The average molecular weight is 544 g/mol. The van der Waals surface area contributed by atoms with Gasteiger partial charge < -0.3 is 15.2 Å². The molecule has 0 spiro atoms. The van der Waals surface area contributed by atoms with Crippen molar-refractivity contribution < 1.29 is 32.6 Å². The van der Waals surface area contributed by atoms with Gasteiger partial charge in [-0.2, -0.15) is 13.2 Å². The molecule has 2 aromatic carbocycles. The van der Waals surface area contributed by atoms with Crippen LogP contribution < -0.4 is 10.1 Å². The quantitative estimate of drug-likeness (QED) is 0.340. The molecule has 1 atom stereocenters. The van der Waals surface area contributed by atoms with Gasteiger partial charge in [-0.25, -0.2) is 4.79 Å². The van der Waals surface area contributed by atoms with E-state index in [4.69, 9.17) is 4.74 Å². The van der Waals surface area contributed by atoms with Gasteiger partial charge in [-0.1, -0.05) is 24.3 Å². The fourth-order valence-electron chi connectivity index (χ4n) is 7.46. The standard InChI is InChI=1S/C29H28F3NO4S/c30-29(31,32)20-7-5-16(6-8-20)15-37-23-21-3-1-2-4-22(21)38-24(23)26(34)33-25(27(35)36)28-12-17-9-18(13-28)11-19(10-17)14-28/h1-8,17-19,25H,9-15H2,(H,33,34)(H,35,36)/t17?,18?,19?,25-,28?/m1/s1. The summed E-state index contributed by atoms with van der Waals surface area (Å²) in [6, 6.07) is 11.1. The molecule has 4 aliphatic rings. The number of benzene rings is 2. The molecular weight excluding hydrogens is 515 g/mol. The summed E-state index contributed by atoms with van der Waals surface area (Å²) in [5.74, 6) is 0.425. The van der Waals surface area contributed by atoms with Crippen molar-refractivity contribution >= 4 is 33.3 Å². The second-order valence-corrected chi connectivity index (χ2v) is 12.3. The lowest BCUT2D eigenvalue weighted by atomic mass is 9.47. The number of hydrogen-bond donors (Lipinski definition) is 2. The topological polar surface area (TPSA) is 75.6 Å². The van der Waals surface area contributed by atoms with Crippen LogP contribution >= 0.6 is 11.3 Å². The van der Waals surface area contributed by atoms with E-state index in [1.165, 1.54) is 23.5 Å². The van der Waals surface area contributed by atoms with Gasteiger partial charge in [-0.15, -0.1) is 11.3 Å². The molecule has 9 heteroatoms. The SMILES string of the molecule is O=C(N[C@H](C(=O)O)C12CC3CC(CC(C3)C1)C2)c1sc2ccccc2c1OCc1ccc(C(F)(F)F)cc1. The third-order valence-corrected chi connectivity index (χ3v) is 9.79. The van der Waals surface area contributed by atoms with Crippen LogP contribution in [0, 0.1) is 23.2 Å². The molecule has 4 aliphatic carbocycles. The Morgan fingerprint density at radius 2 is 1.61 bits per heavy atom. The lowest BCUT2D eigenvalue weighted by molar-refractivity contribution is -0.150. The Morgan fingerprint density at radius 1 is 1.00 bits per heavy atom. The zero-order valence-corrected chi connectivity index (χ0v) is 21.4. The number of halogens is 3. The van der Waals surface area contributed by atoms with Crippen molar-refractivity contribution in [2.75, 3.05) is 0 Å². The first-order valence-electron chi connectivity index (χ1n) is 13.0. The predicted molar refractivity (Wildman–Crippen MR) is 137 cm³/mol. The average Bonchev–Trinajstić information content (AvgIpc) is 3.23. The summed E-state index contributed by atoms with van der Waals surface area (Å²) in [6.07, 6.45) is 1.57. The minimum absolute atomic E-state index is 0.0313. The van der Waals surface area contributed by atoms with Crippen LogP contribution in [0.1, 0.15) is 59.3 Å². The minimum Gasteiger partial charge on any atom is -0.487 e. The highest BCUT2D eigenvalue weighted by Gasteiger charge is 2.56. The van der Waals surface area contributed by atoms with Crippen molar-refractivity contribution in [3.63, 3.8) is 0 Å². The van der Waals surface area contributed by atoms with E-state index < -0.39 is 35.1 Å². The largest absolute Gasteiger partial charge is 0.487 e. The zero-order chi connectivity index (χ0) is 26.7. The molecule has 1 aromatic heterocycles. The first-order valence-corrected chi connectivity index (χ1v) is 13.8. The van der Waals surface area contributed by atoms with Crippen LogP contribution in [-0.2, 0) is 17.6 Å². The van der Waals surface area contributed by atoms with Gasteiger partial charge in [-0.3, -0.25) is 4.79 Å². The number of carbonyl (C=O) groups excluding carboxylic acids is 1. The highest BCUT2D eigenvalue weighted by molar-refractivity contribution is 7.21. The first kappa shape index (κ1) is 25.2. The molecule has 4 saturated carbocycles. The normalized spacial score (nSPS) is 26.9. The third-order valence-electron chi connectivity index (χ3n) is 8.64. The number of nitrogens with one attached hydrogen (secondary N) is 1. The second kappa shape index (κ2) is 9.29. The summed E-state index contributed by atoms with van der Waals surface area (Å²) in [7, 11) is 0. The monoisotopic (exact) mass is 543 g/mol. The smallest absolute Gasteiger partial charge is 0.416 e. The zero-order valence-electron chi connectivity index (χ0n) is 20.6. The molecule has 1 amide bonds. The lowest BCUT2D eigenvalue weighted by Gasteiger charge is -2.58. The molecular formula is C29H28F3NO4S.